The Balaban J connectivity index is 2.11. The van der Waals surface area contributed by atoms with Crippen LogP contribution in [0.15, 0.2) is 24.3 Å². The van der Waals surface area contributed by atoms with Crippen molar-refractivity contribution < 1.29 is 13.2 Å². The molecular formula is C12H14F3NS. The van der Waals surface area contributed by atoms with E-state index in [9.17, 15) is 13.2 Å². The number of hydrogen-bond acceptors (Lipinski definition) is 2. The Morgan fingerprint density at radius 2 is 2.06 bits per heavy atom. The fourth-order valence-electron chi connectivity index (χ4n) is 2.00. The predicted octanol–water partition coefficient (Wildman–Crippen LogP) is 2.94. The van der Waals surface area contributed by atoms with Crippen molar-refractivity contribution in [2.24, 2.45) is 11.7 Å². The molecular weight excluding hydrogens is 247 g/mol. The fourth-order valence-corrected chi connectivity index (χ4v) is 3.35. The highest BCUT2D eigenvalue weighted by molar-refractivity contribution is 7.99. The third-order valence-electron chi connectivity index (χ3n) is 3.00. The Kier molecular flexibility index (Phi) is 3.68. The molecule has 1 nitrogen and oxygen atoms in total. The molecule has 2 atom stereocenters. The zero-order valence-electron chi connectivity index (χ0n) is 9.20. The molecule has 1 aliphatic rings. The summed E-state index contributed by atoms with van der Waals surface area (Å²) in [5.74, 6) is 2.14. The first-order valence-electron chi connectivity index (χ1n) is 5.46. The highest BCUT2D eigenvalue weighted by Crippen LogP contribution is 2.31. The molecule has 94 valence electrons. The third kappa shape index (κ3) is 3.16. The molecule has 0 aromatic heterocycles. The lowest BCUT2D eigenvalue weighted by molar-refractivity contribution is -0.137. The topological polar surface area (TPSA) is 26.0 Å². The summed E-state index contributed by atoms with van der Waals surface area (Å²) in [6, 6.07) is 5.65. The van der Waals surface area contributed by atoms with E-state index in [1.807, 2.05) is 0 Å². The molecule has 0 saturated carbocycles. The number of benzene rings is 1. The van der Waals surface area contributed by atoms with E-state index in [0.717, 1.165) is 23.1 Å². The number of halogens is 3. The molecule has 1 aromatic carbocycles. The first-order chi connectivity index (χ1) is 7.97. The second-order valence-corrected chi connectivity index (χ2v) is 5.44. The quantitative estimate of drug-likeness (QED) is 0.885. The maximum absolute atomic E-state index is 12.5. The molecule has 1 saturated heterocycles. The molecule has 0 radical (unpaired) electrons. The van der Waals surface area contributed by atoms with Gasteiger partial charge in [-0.2, -0.15) is 24.9 Å². The summed E-state index contributed by atoms with van der Waals surface area (Å²) >= 11 is 1.77. The largest absolute Gasteiger partial charge is 0.416 e. The Labute approximate surface area is 103 Å². The summed E-state index contributed by atoms with van der Waals surface area (Å²) in [5, 5.41) is 0. The van der Waals surface area contributed by atoms with Gasteiger partial charge in [0.15, 0.2) is 0 Å². The Hall–Kier alpha value is -0.680. The van der Waals surface area contributed by atoms with Crippen molar-refractivity contribution in [1.29, 1.82) is 0 Å². The fraction of sp³-hybridized carbons (Fsp3) is 0.500. The van der Waals surface area contributed by atoms with Gasteiger partial charge in [-0.25, -0.2) is 0 Å². The van der Waals surface area contributed by atoms with E-state index in [4.69, 9.17) is 5.73 Å². The Bertz CT molecular complexity index is 392. The van der Waals surface area contributed by atoms with Gasteiger partial charge >= 0.3 is 6.18 Å². The summed E-state index contributed by atoms with van der Waals surface area (Å²) in [5.41, 5.74) is 6.06. The first-order valence-corrected chi connectivity index (χ1v) is 6.62. The van der Waals surface area contributed by atoms with Crippen molar-refractivity contribution in [2.45, 2.75) is 18.6 Å². The van der Waals surface area contributed by atoms with Crippen molar-refractivity contribution in [3.63, 3.8) is 0 Å². The zero-order valence-corrected chi connectivity index (χ0v) is 10.0. The number of hydrogen-bond donors (Lipinski definition) is 1. The minimum Gasteiger partial charge on any atom is -0.327 e. The molecule has 1 heterocycles. The monoisotopic (exact) mass is 261 g/mol. The SMILES string of the molecule is NC1CSCC1Cc1cccc(C(F)(F)F)c1. The van der Waals surface area contributed by atoms with Gasteiger partial charge in [-0.1, -0.05) is 18.2 Å². The molecule has 1 aromatic rings. The Morgan fingerprint density at radius 1 is 1.29 bits per heavy atom. The van der Waals surface area contributed by atoms with E-state index in [-0.39, 0.29) is 6.04 Å². The van der Waals surface area contributed by atoms with E-state index >= 15 is 0 Å². The second-order valence-electron chi connectivity index (χ2n) is 4.36. The zero-order chi connectivity index (χ0) is 12.5. The van der Waals surface area contributed by atoms with Gasteiger partial charge in [0.2, 0.25) is 0 Å². The summed E-state index contributed by atoms with van der Waals surface area (Å²) in [6.07, 6.45) is -3.62. The van der Waals surface area contributed by atoms with Crippen LogP contribution in [-0.4, -0.2) is 17.5 Å². The third-order valence-corrected chi connectivity index (χ3v) is 4.28. The first kappa shape index (κ1) is 12.8. The summed E-state index contributed by atoms with van der Waals surface area (Å²) in [7, 11) is 0. The maximum atomic E-state index is 12.5. The van der Waals surface area contributed by atoms with Gasteiger partial charge in [-0.15, -0.1) is 0 Å². The highest BCUT2D eigenvalue weighted by Gasteiger charge is 2.31. The standard InChI is InChI=1S/C12H14F3NS/c13-12(14,15)10-3-1-2-8(5-10)4-9-6-17-7-11(9)16/h1-3,5,9,11H,4,6-7,16H2. The van der Waals surface area contributed by atoms with Gasteiger partial charge in [0.05, 0.1) is 5.56 Å². The lowest BCUT2D eigenvalue weighted by Crippen LogP contribution is -2.29. The molecule has 2 N–H and O–H groups in total. The number of rotatable bonds is 2. The van der Waals surface area contributed by atoms with E-state index in [1.165, 1.54) is 12.1 Å². The van der Waals surface area contributed by atoms with Gasteiger partial charge in [0.25, 0.3) is 0 Å². The molecule has 1 aliphatic heterocycles. The number of alkyl halides is 3. The van der Waals surface area contributed by atoms with Crippen molar-refractivity contribution in [3.05, 3.63) is 35.4 Å². The van der Waals surface area contributed by atoms with Gasteiger partial charge in [0, 0.05) is 11.8 Å². The average Bonchev–Trinajstić information content (AvgIpc) is 2.64. The van der Waals surface area contributed by atoms with Crippen LogP contribution in [0, 0.1) is 5.92 Å². The van der Waals surface area contributed by atoms with Crippen LogP contribution in [0.1, 0.15) is 11.1 Å². The van der Waals surface area contributed by atoms with Gasteiger partial charge in [0.1, 0.15) is 0 Å². The molecule has 17 heavy (non-hydrogen) atoms. The van der Waals surface area contributed by atoms with Gasteiger partial charge < -0.3 is 5.73 Å². The van der Waals surface area contributed by atoms with Gasteiger partial charge in [-0.05, 0) is 29.7 Å². The molecule has 1 fully saturated rings. The number of thioether (sulfide) groups is 1. The van der Waals surface area contributed by atoms with Crippen LogP contribution in [-0.2, 0) is 12.6 Å². The number of nitrogens with two attached hydrogens (primary N) is 1. The van der Waals surface area contributed by atoms with Crippen LogP contribution in [0.25, 0.3) is 0 Å². The molecule has 0 aliphatic carbocycles. The minimum absolute atomic E-state index is 0.106. The van der Waals surface area contributed by atoms with Gasteiger partial charge in [-0.3, -0.25) is 0 Å². The average molecular weight is 261 g/mol. The molecule has 2 rings (SSSR count). The second kappa shape index (κ2) is 4.90. The summed E-state index contributed by atoms with van der Waals surface area (Å²) in [4.78, 5) is 0. The van der Waals surface area contributed by atoms with Crippen molar-refractivity contribution in [3.8, 4) is 0 Å². The van der Waals surface area contributed by atoms with E-state index in [2.05, 4.69) is 0 Å². The van der Waals surface area contributed by atoms with Crippen LogP contribution in [0.3, 0.4) is 0 Å². The summed E-state index contributed by atoms with van der Waals surface area (Å²) in [6.45, 7) is 0. The van der Waals surface area contributed by atoms with Crippen LogP contribution in [0.2, 0.25) is 0 Å². The maximum Gasteiger partial charge on any atom is 0.416 e. The molecule has 0 bridgehead atoms. The molecule has 0 amide bonds. The van der Waals surface area contributed by atoms with Crippen molar-refractivity contribution >= 4 is 11.8 Å². The minimum atomic E-state index is -4.26. The molecule has 5 heteroatoms. The molecule has 0 spiro atoms. The van der Waals surface area contributed by atoms with Crippen molar-refractivity contribution in [1.82, 2.24) is 0 Å². The van der Waals surface area contributed by atoms with Crippen LogP contribution in [0.4, 0.5) is 13.2 Å². The predicted molar refractivity (Wildman–Crippen MR) is 63.9 cm³/mol. The summed E-state index contributed by atoms with van der Waals surface area (Å²) < 4.78 is 37.6. The van der Waals surface area contributed by atoms with E-state index in [1.54, 1.807) is 17.8 Å². The Morgan fingerprint density at radius 3 is 2.65 bits per heavy atom. The van der Waals surface area contributed by atoms with Crippen LogP contribution in [0.5, 0.6) is 0 Å². The highest BCUT2D eigenvalue weighted by atomic mass is 32.2. The van der Waals surface area contributed by atoms with E-state index in [0.29, 0.717) is 12.3 Å². The lowest BCUT2D eigenvalue weighted by atomic mass is 9.94. The van der Waals surface area contributed by atoms with E-state index < -0.39 is 11.7 Å². The molecule has 2 unspecified atom stereocenters. The lowest BCUT2D eigenvalue weighted by Gasteiger charge is -2.15. The van der Waals surface area contributed by atoms with Crippen molar-refractivity contribution in [2.75, 3.05) is 11.5 Å². The smallest absolute Gasteiger partial charge is 0.327 e. The van der Waals surface area contributed by atoms with Crippen LogP contribution < -0.4 is 5.73 Å². The van der Waals surface area contributed by atoms with Crippen LogP contribution >= 0.6 is 11.8 Å². The normalized spacial score (nSPS) is 25.2.